The predicted molar refractivity (Wildman–Crippen MR) is 204 cm³/mol. The van der Waals surface area contributed by atoms with Gasteiger partial charge in [0.25, 0.3) is 0 Å². The fourth-order valence-electron chi connectivity index (χ4n) is 5.56. The second-order valence-electron chi connectivity index (χ2n) is 12.8. The number of aromatic nitrogens is 1. The minimum absolute atomic E-state index is 0.0333. The summed E-state index contributed by atoms with van der Waals surface area (Å²) in [5, 5.41) is 4.04. The molecule has 0 radical (unpaired) electrons. The van der Waals surface area contributed by atoms with Crippen molar-refractivity contribution in [2.24, 2.45) is 0 Å². The van der Waals surface area contributed by atoms with Crippen LogP contribution in [0.15, 0.2) is 114 Å². The maximum Gasteiger partial charge on any atom is 0.416 e. The van der Waals surface area contributed by atoms with Crippen molar-refractivity contribution in [3.63, 3.8) is 0 Å². The number of halogens is 1. The zero-order valence-corrected chi connectivity index (χ0v) is 31.6. The number of carbonyl (C=O) groups is 2. The Morgan fingerprint density at radius 1 is 1.04 bits per heavy atom. The summed E-state index contributed by atoms with van der Waals surface area (Å²) in [5.41, 5.74) is 5.59. The summed E-state index contributed by atoms with van der Waals surface area (Å²) in [4.78, 5) is 25.8. The fourth-order valence-corrected chi connectivity index (χ4v) is 5.56. The average molecular weight is 711 g/mol. The van der Waals surface area contributed by atoms with E-state index in [-0.39, 0.29) is 43.3 Å². The number of allylic oxidation sites excluding steroid dienone is 5. The van der Waals surface area contributed by atoms with Gasteiger partial charge in [-0.2, -0.15) is 0 Å². The molecule has 8 nitrogen and oxygen atoms in total. The minimum Gasteiger partial charge on any atom is -0.497 e. The van der Waals surface area contributed by atoms with Crippen LogP contribution in [-0.2, 0) is 21.6 Å². The molecule has 276 valence electrons. The van der Waals surface area contributed by atoms with E-state index in [9.17, 15) is 14.0 Å². The Balaban J connectivity index is 0.000000645. The summed E-state index contributed by atoms with van der Waals surface area (Å²) in [5.74, 6) is 0.133. The lowest BCUT2D eigenvalue weighted by molar-refractivity contribution is -0.128. The lowest BCUT2D eigenvalue weighted by atomic mass is 9.81. The second kappa shape index (κ2) is 19.8. The van der Waals surface area contributed by atoms with Gasteiger partial charge in [0.1, 0.15) is 36.8 Å². The molecule has 52 heavy (non-hydrogen) atoms. The number of rotatable bonds is 11. The molecule has 0 bridgehead atoms. The van der Waals surface area contributed by atoms with Crippen LogP contribution in [0.1, 0.15) is 83.2 Å². The number of hydrogen-bond acceptors (Lipinski definition) is 7. The predicted octanol–water partition coefficient (Wildman–Crippen LogP) is 10.6. The van der Waals surface area contributed by atoms with Crippen molar-refractivity contribution < 1.29 is 32.7 Å². The number of cyclic esters (lactones) is 1. The van der Waals surface area contributed by atoms with E-state index in [1.807, 2.05) is 88.4 Å². The summed E-state index contributed by atoms with van der Waals surface area (Å²) in [6.45, 7) is 18.6. The number of imide groups is 1. The van der Waals surface area contributed by atoms with Crippen LogP contribution in [0.4, 0.5) is 9.18 Å². The van der Waals surface area contributed by atoms with Gasteiger partial charge in [-0.15, -0.1) is 0 Å². The van der Waals surface area contributed by atoms with Crippen LogP contribution in [0, 0.1) is 5.82 Å². The van der Waals surface area contributed by atoms with E-state index in [4.69, 9.17) is 18.7 Å². The van der Waals surface area contributed by atoms with Crippen molar-refractivity contribution in [2.75, 3.05) is 20.3 Å². The van der Waals surface area contributed by atoms with Crippen LogP contribution in [-0.4, -0.2) is 42.3 Å². The molecule has 1 fully saturated rings. The summed E-state index contributed by atoms with van der Waals surface area (Å²) in [6.07, 6.45) is 8.67. The molecule has 5 rings (SSSR count). The number of nitrogens with zero attached hydrogens (tertiary/aromatic N) is 2. The zero-order chi connectivity index (χ0) is 38.3. The zero-order valence-electron chi connectivity index (χ0n) is 31.6. The molecule has 1 aliphatic heterocycles. The normalized spacial score (nSPS) is 13.4. The standard InChI is InChI=1S/C33H33FN2O6.C8H12.C2H6/c1-33(2,3)28-11-5-21(17-26(28)27-18-24(39-4)10-12-29(27)34)20-41-23-8-6-22(7-9-23)25(30-13-15-42-35-30)19-31(37)36-14-16-40-32(36)38;1-4-6-8(3)7-5-2;1-2/h5-13,15,17-18,25H,14,16,19-20H2,1-4H3;4-7H,1H2,2-3H3;1-2H3/b;7-5-,8-6-;. The smallest absolute Gasteiger partial charge is 0.416 e. The molecule has 1 saturated heterocycles. The lowest BCUT2D eigenvalue weighted by Crippen LogP contribution is -2.32. The highest BCUT2D eigenvalue weighted by molar-refractivity contribution is 5.93. The number of carbonyl (C=O) groups excluding carboxylic acids is 2. The third-order valence-corrected chi connectivity index (χ3v) is 8.11. The van der Waals surface area contributed by atoms with Gasteiger partial charge in [-0.3, -0.25) is 4.79 Å². The molecule has 2 heterocycles. The van der Waals surface area contributed by atoms with Gasteiger partial charge in [0.05, 0.1) is 19.3 Å². The third kappa shape index (κ3) is 11.3. The summed E-state index contributed by atoms with van der Waals surface area (Å²) >= 11 is 0. The van der Waals surface area contributed by atoms with Crippen molar-refractivity contribution in [1.82, 2.24) is 10.1 Å². The maximum absolute atomic E-state index is 15.0. The molecule has 0 aliphatic carbocycles. The maximum atomic E-state index is 15.0. The minimum atomic E-state index is -0.629. The first-order valence-corrected chi connectivity index (χ1v) is 17.4. The molecule has 0 N–H and O–H groups in total. The van der Waals surface area contributed by atoms with Gasteiger partial charge in [0, 0.05) is 24.0 Å². The molecule has 1 atom stereocenters. The fraction of sp³-hybridized carbons (Fsp3) is 0.326. The van der Waals surface area contributed by atoms with Crippen molar-refractivity contribution in [1.29, 1.82) is 0 Å². The van der Waals surface area contributed by atoms with Gasteiger partial charge in [0.15, 0.2) is 0 Å². The van der Waals surface area contributed by atoms with Gasteiger partial charge in [-0.25, -0.2) is 14.1 Å². The Kier molecular flexibility index (Phi) is 15.6. The van der Waals surface area contributed by atoms with Crippen LogP contribution in [0.5, 0.6) is 11.5 Å². The lowest BCUT2D eigenvalue weighted by Gasteiger charge is -2.24. The highest BCUT2D eigenvalue weighted by atomic mass is 19.1. The number of methoxy groups -OCH3 is 1. The SMILES string of the molecule is C=C/C=C(C)\C=C/C.CC.COc1ccc(F)c(-c2cc(COc3ccc(C(CC(=O)N4CCOC4=O)c4ccon4)cc3)ccc2C(C)(C)C)c1. The molecule has 4 aromatic rings. The molecule has 9 heteroatoms. The van der Waals surface area contributed by atoms with Crippen molar-refractivity contribution in [3.8, 4) is 22.6 Å². The number of ether oxygens (including phenoxy) is 3. The molecule has 1 aromatic heterocycles. The Morgan fingerprint density at radius 2 is 1.75 bits per heavy atom. The first kappa shape index (κ1) is 41.0. The summed E-state index contributed by atoms with van der Waals surface area (Å²) in [6, 6.07) is 19.8. The highest BCUT2D eigenvalue weighted by Gasteiger charge is 2.31. The molecule has 3 aromatic carbocycles. The molecule has 0 saturated carbocycles. The van der Waals surface area contributed by atoms with E-state index in [0.717, 1.165) is 27.2 Å². The average Bonchev–Trinajstić information content (AvgIpc) is 3.83. The van der Waals surface area contributed by atoms with E-state index < -0.39 is 12.0 Å². The van der Waals surface area contributed by atoms with Gasteiger partial charge in [-0.1, -0.05) is 100 Å². The summed E-state index contributed by atoms with van der Waals surface area (Å²) < 4.78 is 36.4. The van der Waals surface area contributed by atoms with Gasteiger partial charge < -0.3 is 18.7 Å². The van der Waals surface area contributed by atoms with Gasteiger partial charge in [-0.05, 0) is 77.9 Å². The Labute approximate surface area is 307 Å². The molecule has 1 aliphatic rings. The van der Waals surface area contributed by atoms with Gasteiger partial charge in [0.2, 0.25) is 5.91 Å². The van der Waals surface area contributed by atoms with Crippen LogP contribution in [0.3, 0.4) is 0 Å². The van der Waals surface area contributed by atoms with E-state index >= 15 is 0 Å². The third-order valence-electron chi connectivity index (χ3n) is 8.11. The van der Waals surface area contributed by atoms with E-state index in [1.54, 1.807) is 31.4 Å². The van der Waals surface area contributed by atoms with Gasteiger partial charge >= 0.3 is 6.09 Å². The summed E-state index contributed by atoms with van der Waals surface area (Å²) in [7, 11) is 1.56. The van der Waals surface area contributed by atoms with Crippen LogP contribution < -0.4 is 9.47 Å². The van der Waals surface area contributed by atoms with Crippen molar-refractivity contribution in [3.05, 3.63) is 138 Å². The van der Waals surface area contributed by atoms with Crippen LogP contribution in [0.25, 0.3) is 11.1 Å². The topological polar surface area (TPSA) is 91.1 Å². The number of benzene rings is 3. The molecule has 1 unspecified atom stereocenters. The monoisotopic (exact) mass is 710 g/mol. The van der Waals surface area contributed by atoms with Crippen molar-refractivity contribution >= 4 is 12.0 Å². The molecule has 0 spiro atoms. The largest absolute Gasteiger partial charge is 0.497 e. The Morgan fingerprint density at radius 3 is 2.33 bits per heavy atom. The second-order valence-corrected chi connectivity index (χ2v) is 12.8. The van der Waals surface area contributed by atoms with Crippen molar-refractivity contribution in [2.45, 2.75) is 72.8 Å². The Hall–Kier alpha value is -5.44. The molecular formula is C43H51FN2O6. The van der Waals surface area contributed by atoms with Crippen LogP contribution >= 0.6 is 0 Å². The van der Waals surface area contributed by atoms with Crippen LogP contribution in [0.2, 0.25) is 0 Å². The highest BCUT2D eigenvalue weighted by Crippen LogP contribution is 2.37. The van der Waals surface area contributed by atoms with E-state index in [0.29, 0.717) is 22.8 Å². The van der Waals surface area contributed by atoms with E-state index in [2.05, 4.69) is 32.5 Å². The Bertz CT molecular complexity index is 1820. The molecular weight excluding hydrogens is 659 g/mol. The quantitative estimate of drug-likeness (QED) is 0.143. The number of hydrogen-bond donors (Lipinski definition) is 0. The first-order chi connectivity index (χ1) is 24.9. The molecule has 2 amide bonds. The number of amides is 2. The first-order valence-electron chi connectivity index (χ1n) is 17.4. The van der Waals surface area contributed by atoms with E-state index in [1.165, 1.54) is 17.9 Å².